The predicted octanol–water partition coefficient (Wildman–Crippen LogP) is 5.27. The van der Waals surface area contributed by atoms with Gasteiger partial charge in [-0.15, -0.1) is 23.1 Å². The average Bonchev–Trinajstić information content (AvgIpc) is 2.93. The number of thioether (sulfide) groups is 1. The smallest absolute Gasteiger partial charge is 0.225 e. The van der Waals surface area contributed by atoms with Crippen LogP contribution in [0.5, 0.6) is 0 Å². The van der Waals surface area contributed by atoms with Crippen LogP contribution < -0.4 is 5.32 Å². The summed E-state index contributed by atoms with van der Waals surface area (Å²) in [6, 6.07) is 9.87. The zero-order chi connectivity index (χ0) is 16.9. The van der Waals surface area contributed by atoms with Gasteiger partial charge in [-0.25, -0.2) is 0 Å². The fraction of sp³-hybridized carbons (Fsp3) is 0.333. The van der Waals surface area contributed by atoms with Crippen molar-refractivity contribution in [1.82, 2.24) is 0 Å². The summed E-state index contributed by atoms with van der Waals surface area (Å²) in [6.07, 6.45) is 4.70. The molecule has 3 rings (SSSR count). The minimum Gasteiger partial charge on any atom is -0.317 e. The number of halogens is 1. The van der Waals surface area contributed by atoms with E-state index in [0.717, 1.165) is 34.7 Å². The van der Waals surface area contributed by atoms with Crippen LogP contribution in [-0.2, 0) is 17.6 Å². The van der Waals surface area contributed by atoms with Crippen molar-refractivity contribution in [2.75, 3.05) is 11.1 Å². The van der Waals surface area contributed by atoms with Gasteiger partial charge in [0.15, 0.2) is 0 Å². The summed E-state index contributed by atoms with van der Waals surface area (Å²) in [4.78, 5) is 14.6. The van der Waals surface area contributed by atoms with Gasteiger partial charge < -0.3 is 5.32 Å². The van der Waals surface area contributed by atoms with Gasteiger partial charge in [-0.3, -0.25) is 4.79 Å². The first-order valence-corrected chi connectivity index (χ1v) is 10.1. The fourth-order valence-corrected chi connectivity index (χ4v) is 4.99. The van der Waals surface area contributed by atoms with Gasteiger partial charge in [0.2, 0.25) is 5.91 Å². The summed E-state index contributed by atoms with van der Waals surface area (Å²) in [5, 5.41) is 13.8. The highest BCUT2D eigenvalue weighted by atomic mass is 35.5. The summed E-state index contributed by atoms with van der Waals surface area (Å²) in [5.41, 5.74) is 1.83. The van der Waals surface area contributed by atoms with Gasteiger partial charge in [-0.1, -0.05) is 11.6 Å². The lowest BCUT2D eigenvalue weighted by Crippen LogP contribution is -2.12. The van der Waals surface area contributed by atoms with E-state index in [1.54, 1.807) is 23.1 Å². The van der Waals surface area contributed by atoms with E-state index in [1.165, 1.54) is 11.3 Å². The molecule has 1 aromatic carbocycles. The molecule has 124 valence electrons. The van der Waals surface area contributed by atoms with Crippen LogP contribution in [0.15, 0.2) is 29.2 Å². The molecule has 2 aromatic rings. The van der Waals surface area contributed by atoms with Crippen molar-refractivity contribution in [3.63, 3.8) is 0 Å². The zero-order valence-corrected chi connectivity index (χ0v) is 15.5. The third-order valence-corrected chi connectivity index (χ3v) is 6.42. The maximum absolute atomic E-state index is 12.2. The number of nitrogens with zero attached hydrogens (tertiary/aromatic N) is 1. The lowest BCUT2D eigenvalue weighted by atomic mass is 9.96. The molecular formula is C18H17ClN2OS2. The van der Waals surface area contributed by atoms with Crippen LogP contribution in [0.3, 0.4) is 0 Å². The number of amides is 1. The number of rotatable bonds is 5. The number of hydrogen-bond acceptors (Lipinski definition) is 4. The molecule has 0 fully saturated rings. The molecule has 0 saturated carbocycles. The second-order valence-corrected chi connectivity index (χ2v) is 8.34. The molecule has 0 saturated heterocycles. The van der Waals surface area contributed by atoms with E-state index in [-0.39, 0.29) is 5.91 Å². The minimum absolute atomic E-state index is 0.0356. The topological polar surface area (TPSA) is 52.9 Å². The van der Waals surface area contributed by atoms with E-state index < -0.39 is 0 Å². The molecule has 3 nitrogen and oxygen atoms in total. The van der Waals surface area contributed by atoms with Gasteiger partial charge in [0.05, 0.1) is 5.56 Å². The quantitative estimate of drug-likeness (QED) is 0.723. The van der Waals surface area contributed by atoms with Crippen molar-refractivity contribution in [1.29, 1.82) is 5.26 Å². The average molecular weight is 377 g/mol. The second kappa shape index (κ2) is 8.06. The number of anilines is 1. The summed E-state index contributed by atoms with van der Waals surface area (Å²) < 4.78 is 0. The van der Waals surface area contributed by atoms with Gasteiger partial charge in [0, 0.05) is 27.0 Å². The molecule has 1 aromatic heterocycles. The molecule has 0 radical (unpaired) electrons. The van der Waals surface area contributed by atoms with Crippen LogP contribution in [0.1, 0.15) is 35.3 Å². The van der Waals surface area contributed by atoms with E-state index in [2.05, 4.69) is 11.4 Å². The number of hydrogen-bond donors (Lipinski definition) is 1. The molecular weight excluding hydrogens is 360 g/mol. The van der Waals surface area contributed by atoms with Gasteiger partial charge in [0.1, 0.15) is 11.1 Å². The van der Waals surface area contributed by atoms with E-state index in [1.807, 2.05) is 24.3 Å². The van der Waals surface area contributed by atoms with Gasteiger partial charge >= 0.3 is 0 Å². The first-order valence-electron chi connectivity index (χ1n) is 7.90. The monoisotopic (exact) mass is 376 g/mol. The Bertz CT molecular complexity index is 778. The highest BCUT2D eigenvalue weighted by Gasteiger charge is 2.21. The number of benzene rings is 1. The van der Waals surface area contributed by atoms with Crippen LogP contribution in [0.25, 0.3) is 0 Å². The molecule has 0 bridgehead atoms. The number of aryl methyl sites for hydroxylation is 1. The van der Waals surface area contributed by atoms with Crippen molar-refractivity contribution in [3.8, 4) is 6.07 Å². The van der Waals surface area contributed by atoms with E-state index in [0.29, 0.717) is 22.8 Å². The highest BCUT2D eigenvalue weighted by Crippen LogP contribution is 2.37. The Morgan fingerprint density at radius 3 is 2.79 bits per heavy atom. The van der Waals surface area contributed by atoms with E-state index in [9.17, 15) is 10.1 Å². The first kappa shape index (κ1) is 17.3. The maximum Gasteiger partial charge on any atom is 0.225 e. The van der Waals surface area contributed by atoms with Crippen molar-refractivity contribution in [2.45, 2.75) is 37.0 Å². The van der Waals surface area contributed by atoms with Crippen molar-refractivity contribution < 1.29 is 4.79 Å². The van der Waals surface area contributed by atoms with Gasteiger partial charge in [-0.2, -0.15) is 5.26 Å². The Morgan fingerprint density at radius 1 is 1.29 bits per heavy atom. The Kier molecular flexibility index (Phi) is 5.83. The van der Waals surface area contributed by atoms with Gasteiger partial charge in [-0.05, 0) is 55.5 Å². The third-order valence-electron chi connectivity index (χ3n) is 3.95. The number of nitriles is 1. The van der Waals surface area contributed by atoms with Crippen molar-refractivity contribution in [2.24, 2.45) is 0 Å². The fourth-order valence-electron chi connectivity index (χ4n) is 2.75. The van der Waals surface area contributed by atoms with E-state index >= 15 is 0 Å². The summed E-state index contributed by atoms with van der Waals surface area (Å²) >= 11 is 9.05. The van der Waals surface area contributed by atoms with Crippen LogP contribution >= 0.6 is 34.7 Å². The molecule has 6 heteroatoms. The molecule has 1 amide bonds. The molecule has 1 aliphatic rings. The Balaban J connectivity index is 1.56. The number of thiophene rings is 1. The minimum atomic E-state index is -0.0356. The normalized spacial score (nSPS) is 13.2. The standard InChI is InChI=1S/C18H17ClN2OS2/c19-12-5-7-13(8-6-12)23-10-9-17(22)21-18-15(11-20)14-3-1-2-4-16(14)24-18/h5-8H,1-4,9-10H2,(H,21,22). The van der Waals surface area contributed by atoms with E-state index in [4.69, 9.17) is 11.6 Å². The molecule has 0 atom stereocenters. The second-order valence-electron chi connectivity index (χ2n) is 5.63. The molecule has 1 heterocycles. The number of carbonyl (C=O) groups is 1. The Morgan fingerprint density at radius 2 is 2.04 bits per heavy atom. The summed E-state index contributed by atoms with van der Waals surface area (Å²) in [6.45, 7) is 0. The summed E-state index contributed by atoms with van der Waals surface area (Å²) in [7, 11) is 0. The SMILES string of the molecule is N#Cc1c(NC(=O)CCSc2ccc(Cl)cc2)sc2c1CCCC2. The molecule has 1 aliphatic carbocycles. The lowest BCUT2D eigenvalue weighted by Gasteiger charge is -2.09. The largest absolute Gasteiger partial charge is 0.317 e. The molecule has 24 heavy (non-hydrogen) atoms. The van der Waals surface area contributed by atoms with Gasteiger partial charge in [0.25, 0.3) is 0 Å². The van der Waals surface area contributed by atoms with Crippen molar-refractivity contribution >= 4 is 45.6 Å². The summed E-state index contributed by atoms with van der Waals surface area (Å²) in [5.74, 6) is 0.659. The molecule has 0 unspecified atom stereocenters. The first-order chi connectivity index (χ1) is 11.7. The third kappa shape index (κ3) is 4.13. The number of carbonyl (C=O) groups excluding carboxylic acids is 1. The van der Waals surface area contributed by atoms with Crippen molar-refractivity contribution in [3.05, 3.63) is 45.3 Å². The predicted molar refractivity (Wildman–Crippen MR) is 101 cm³/mol. The molecule has 0 spiro atoms. The van der Waals surface area contributed by atoms with Crippen LogP contribution in [0.4, 0.5) is 5.00 Å². The number of nitrogens with one attached hydrogen (secondary N) is 1. The molecule has 0 aliphatic heterocycles. The Labute approximate surface area is 155 Å². The van der Waals surface area contributed by atoms with Crippen LogP contribution in [-0.4, -0.2) is 11.7 Å². The highest BCUT2D eigenvalue weighted by molar-refractivity contribution is 7.99. The zero-order valence-electron chi connectivity index (χ0n) is 13.1. The lowest BCUT2D eigenvalue weighted by molar-refractivity contribution is -0.115. The van der Waals surface area contributed by atoms with Crippen LogP contribution in [0, 0.1) is 11.3 Å². The maximum atomic E-state index is 12.2. The number of fused-ring (bicyclic) bond motifs is 1. The Hall–Kier alpha value is -1.48. The molecule has 1 N–H and O–H groups in total. The van der Waals surface area contributed by atoms with Crippen LogP contribution in [0.2, 0.25) is 5.02 Å².